The molecule has 2 rings (SSSR count). The van der Waals surface area contributed by atoms with Gasteiger partial charge in [-0.15, -0.1) is 0 Å². The Morgan fingerprint density at radius 3 is 2.50 bits per heavy atom. The molecule has 1 nitrogen and oxygen atoms in total. The van der Waals surface area contributed by atoms with Crippen molar-refractivity contribution in [3.63, 3.8) is 0 Å². The Kier molecular flexibility index (Phi) is 2.72. The topological polar surface area (TPSA) is 9.23 Å². The lowest BCUT2D eigenvalue weighted by Gasteiger charge is -2.33. The van der Waals surface area contributed by atoms with E-state index in [-0.39, 0.29) is 0 Å². The lowest BCUT2D eigenvalue weighted by molar-refractivity contribution is 0.0143. The van der Waals surface area contributed by atoms with Crippen LogP contribution in [-0.4, -0.2) is 18.0 Å². The first-order valence-corrected chi connectivity index (χ1v) is 6.81. The Hall–Kier alpha value is 0.440. The summed E-state index contributed by atoms with van der Waals surface area (Å²) in [7, 11) is 0. The summed E-state index contributed by atoms with van der Waals surface area (Å²) in [6.45, 7) is 8.18. The second-order valence-corrected chi connectivity index (χ2v) is 6.52. The van der Waals surface area contributed by atoms with Crippen LogP contribution in [0, 0.1) is 16.7 Å². The SMILES string of the molecule is CC12CCC(C(OCCBr)C1)C2(C)C. The van der Waals surface area contributed by atoms with Gasteiger partial charge in [-0.1, -0.05) is 36.7 Å². The highest BCUT2D eigenvalue weighted by Crippen LogP contribution is 2.66. The van der Waals surface area contributed by atoms with Gasteiger partial charge in [-0.25, -0.2) is 0 Å². The van der Waals surface area contributed by atoms with E-state index >= 15 is 0 Å². The molecule has 2 aliphatic carbocycles. The van der Waals surface area contributed by atoms with Crippen molar-refractivity contribution in [3.8, 4) is 0 Å². The highest BCUT2D eigenvalue weighted by atomic mass is 79.9. The third-order valence-corrected chi connectivity index (χ3v) is 5.32. The fourth-order valence-corrected chi connectivity index (χ4v) is 3.76. The van der Waals surface area contributed by atoms with Gasteiger partial charge >= 0.3 is 0 Å². The molecule has 0 radical (unpaired) electrons. The van der Waals surface area contributed by atoms with Gasteiger partial charge in [0.15, 0.2) is 0 Å². The van der Waals surface area contributed by atoms with Crippen molar-refractivity contribution < 1.29 is 4.74 Å². The molecule has 0 aromatic heterocycles. The van der Waals surface area contributed by atoms with E-state index in [4.69, 9.17) is 4.74 Å². The van der Waals surface area contributed by atoms with Crippen LogP contribution in [0.25, 0.3) is 0 Å². The smallest absolute Gasteiger partial charge is 0.0614 e. The second kappa shape index (κ2) is 3.48. The lowest BCUT2D eigenvalue weighted by Crippen LogP contribution is -2.27. The predicted molar refractivity (Wildman–Crippen MR) is 62.8 cm³/mol. The third-order valence-electron chi connectivity index (χ3n) is 5.00. The normalized spacial score (nSPS) is 44.6. The van der Waals surface area contributed by atoms with Crippen LogP contribution in [0.2, 0.25) is 0 Å². The van der Waals surface area contributed by atoms with Gasteiger partial charge in [0.2, 0.25) is 0 Å². The van der Waals surface area contributed by atoms with Crippen molar-refractivity contribution >= 4 is 15.9 Å². The van der Waals surface area contributed by atoms with Crippen LogP contribution in [0.15, 0.2) is 0 Å². The number of halogens is 1. The first-order valence-electron chi connectivity index (χ1n) is 5.69. The fourth-order valence-electron chi connectivity index (χ4n) is 3.58. The van der Waals surface area contributed by atoms with Crippen molar-refractivity contribution in [3.05, 3.63) is 0 Å². The molecular formula is C12H21BrO. The molecule has 0 aromatic carbocycles. The van der Waals surface area contributed by atoms with E-state index in [0.717, 1.165) is 17.9 Å². The van der Waals surface area contributed by atoms with Crippen LogP contribution in [0.1, 0.15) is 40.0 Å². The van der Waals surface area contributed by atoms with Crippen LogP contribution in [0.5, 0.6) is 0 Å². The van der Waals surface area contributed by atoms with Crippen molar-refractivity contribution in [2.24, 2.45) is 16.7 Å². The maximum Gasteiger partial charge on any atom is 0.0614 e. The fraction of sp³-hybridized carbons (Fsp3) is 1.00. The number of hydrogen-bond acceptors (Lipinski definition) is 1. The summed E-state index contributed by atoms with van der Waals surface area (Å²) in [5.41, 5.74) is 1.03. The minimum Gasteiger partial charge on any atom is -0.377 e. The van der Waals surface area contributed by atoms with Crippen molar-refractivity contribution in [1.82, 2.24) is 0 Å². The molecule has 0 saturated heterocycles. The molecule has 2 fully saturated rings. The number of fused-ring (bicyclic) bond motifs is 2. The highest BCUT2D eigenvalue weighted by Gasteiger charge is 2.60. The molecule has 2 saturated carbocycles. The van der Waals surface area contributed by atoms with Gasteiger partial charge < -0.3 is 4.74 Å². The van der Waals surface area contributed by atoms with Crippen LogP contribution in [-0.2, 0) is 4.74 Å². The largest absolute Gasteiger partial charge is 0.377 e. The zero-order chi connectivity index (χ0) is 10.4. The summed E-state index contributed by atoms with van der Waals surface area (Å²) in [6, 6.07) is 0. The Balaban J connectivity index is 2.07. The van der Waals surface area contributed by atoms with Crippen LogP contribution in [0.3, 0.4) is 0 Å². The molecule has 14 heavy (non-hydrogen) atoms. The number of hydrogen-bond donors (Lipinski definition) is 0. The monoisotopic (exact) mass is 260 g/mol. The Labute approximate surface area is 95.7 Å². The molecule has 0 aromatic rings. The van der Waals surface area contributed by atoms with Crippen LogP contribution < -0.4 is 0 Å². The zero-order valence-corrected chi connectivity index (χ0v) is 11.1. The molecule has 2 bridgehead atoms. The van der Waals surface area contributed by atoms with Gasteiger partial charge in [-0.2, -0.15) is 0 Å². The molecule has 0 N–H and O–H groups in total. The van der Waals surface area contributed by atoms with E-state index in [1.807, 2.05) is 0 Å². The van der Waals surface area contributed by atoms with Crippen molar-refractivity contribution in [1.29, 1.82) is 0 Å². The third kappa shape index (κ3) is 1.37. The van der Waals surface area contributed by atoms with Crippen molar-refractivity contribution in [2.45, 2.75) is 46.1 Å². The average molecular weight is 261 g/mol. The summed E-state index contributed by atoms with van der Waals surface area (Å²) in [5, 5.41) is 0.966. The summed E-state index contributed by atoms with van der Waals surface area (Å²) >= 11 is 3.43. The standard InChI is InChI=1S/C12H21BrO/c1-11(2)9-4-5-12(11,3)8-10(9)14-7-6-13/h9-10H,4-8H2,1-3H3. The summed E-state index contributed by atoms with van der Waals surface area (Å²) in [5.74, 6) is 0.798. The molecule has 0 heterocycles. The van der Waals surface area contributed by atoms with Gasteiger partial charge in [0.05, 0.1) is 12.7 Å². The molecule has 82 valence electrons. The van der Waals surface area contributed by atoms with Crippen molar-refractivity contribution in [2.75, 3.05) is 11.9 Å². The van der Waals surface area contributed by atoms with E-state index < -0.39 is 0 Å². The van der Waals surface area contributed by atoms with Gasteiger partial charge in [0.1, 0.15) is 0 Å². The van der Waals surface area contributed by atoms with E-state index in [0.29, 0.717) is 16.9 Å². The van der Waals surface area contributed by atoms with Gasteiger partial charge in [-0.3, -0.25) is 0 Å². The highest BCUT2D eigenvalue weighted by molar-refractivity contribution is 9.09. The van der Waals surface area contributed by atoms with E-state index in [9.17, 15) is 0 Å². The van der Waals surface area contributed by atoms with E-state index in [2.05, 4.69) is 36.7 Å². The van der Waals surface area contributed by atoms with Crippen LogP contribution in [0.4, 0.5) is 0 Å². The molecule has 0 spiro atoms. The minimum atomic E-state index is 0.490. The number of ether oxygens (including phenoxy) is 1. The summed E-state index contributed by atoms with van der Waals surface area (Å²) in [4.78, 5) is 0. The molecule has 3 atom stereocenters. The maximum atomic E-state index is 5.94. The quantitative estimate of drug-likeness (QED) is 0.705. The Bertz CT molecular complexity index is 224. The summed E-state index contributed by atoms with van der Waals surface area (Å²) in [6.07, 6.45) is 4.58. The van der Waals surface area contributed by atoms with Crippen LogP contribution >= 0.6 is 15.9 Å². The number of rotatable bonds is 3. The van der Waals surface area contributed by atoms with E-state index in [1.54, 1.807) is 0 Å². The summed E-state index contributed by atoms with van der Waals surface area (Å²) < 4.78 is 5.94. The minimum absolute atomic E-state index is 0.490. The molecule has 2 aliphatic rings. The first-order chi connectivity index (χ1) is 6.51. The lowest BCUT2D eigenvalue weighted by atomic mass is 9.71. The van der Waals surface area contributed by atoms with E-state index in [1.165, 1.54) is 19.3 Å². The maximum absolute atomic E-state index is 5.94. The molecule has 3 unspecified atom stereocenters. The predicted octanol–water partition coefficient (Wildman–Crippen LogP) is 3.61. The van der Waals surface area contributed by atoms with Gasteiger partial charge in [0.25, 0.3) is 0 Å². The second-order valence-electron chi connectivity index (χ2n) is 5.73. The average Bonchev–Trinajstić information content (AvgIpc) is 2.45. The first kappa shape index (κ1) is 10.9. The Morgan fingerprint density at radius 2 is 2.07 bits per heavy atom. The molecule has 0 amide bonds. The molecule has 2 heteroatoms. The zero-order valence-electron chi connectivity index (χ0n) is 9.48. The molecular weight excluding hydrogens is 240 g/mol. The van der Waals surface area contributed by atoms with Gasteiger partial charge in [-0.05, 0) is 36.0 Å². The molecule has 0 aliphatic heterocycles. The number of alkyl halides is 1. The Morgan fingerprint density at radius 1 is 1.36 bits per heavy atom. The van der Waals surface area contributed by atoms with Gasteiger partial charge in [0, 0.05) is 5.33 Å².